The van der Waals surface area contributed by atoms with E-state index in [-0.39, 0.29) is 18.4 Å². The Bertz CT molecular complexity index is 1310. The molecule has 2 heterocycles. The van der Waals surface area contributed by atoms with Crippen molar-refractivity contribution in [2.24, 2.45) is 0 Å². The highest BCUT2D eigenvalue weighted by Crippen LogP contribution is 2.31. The van der Waals surface area contributed by atoms with Gasteiger partial charge in [-0.2, -0.15) is 0 Å². The van der Waals surface area contributed by atoms with E-state index in [4.69, 9.17) is 0 Å². The SMILES string of the molecule is O=C(NCC(=O)N1CCN(c2ccccc2-c2ccccc2)CC1)c1ccc2cnccc2c1. The molecule has 0 spiro atoms. The van der Waals surface area contributed by atoms with Crippen LogP contribution in [0.4, 0.5) is 5.69 Å². The normalized spacial score (nSPS) is 13.6. The van der Waals surface area contributed by atoms with Gasteiger partial charge in [-0.15, -0.1) is 0 Å². The fourth-order valence-electron chi connectivity index (χ4n) is 4.40. The number of carbonyl (C=O) groups is 2. The van der Waals surface area contributed by atoms with Gasteiger partial charge < -0.3 is 15.1 Å². The summed E-state index contributed by atoms with van der Waals surface area (Å²) in [5, 5.41) is 4.69. The second-order valence-electron chi connectivity index (χ2n) is 8.37. The zero-order valence-electron chi connectivity index (χ0n) is 18.9. The average molecular weight is 451 g/mol. The zero-order valence-corrected chi connectivity index (χ0v) is 18.9. The maximum Gasteiger partial charge on any atom is 0.251 e. The van der Waals surface area contributed by atoms with Crippen LogP contribution in [0.3, 0.4) is 0 Å². The highest BCUT2D eigenvalue weighted by Gasteiger charge is 2.23. The third-order valence-electron chi connectivity index (χ3n) is 6.26. The van der Waals surface area contributed by atoms with Crippen LogP contribution in [0.2, 0.25) is 0 Å². The number of para-hydroxylation sites is 1. The predicted octanol–water partition coefficient (Wildman–Crippen LogP) is 3.98. The lowest BCUT2D eigenvalue weighted by Gasteiger charge is -2.37. The van der Waals surface area contributed by atoms with Crippen molar-refractivity contribution in [1.29, 1.82) is 0 Å². The molecule has 0 saturated carbocycles. The number of rotatable bonds is 5. The molecule has 5 rings (SSSR count). The number of piperazine rings is 1. The van der Waals surface area contributed by atoms with Crippen LogP contribution in [0.15, 0.2) is 91.3 Å². The lowest BCUT2D eigenvalue weighted by molar-refractivity contribution is -0.130. The largest absolute Gasteiger partial charge is 0.367 e. The van der Waals surface area contributed by atoms with Crippen LogP contribution < -0.4 is 10.2 Å². The molecule has 6 nitrogen and oxygen atoms in total. The molecule has 0 unspecified atom stereocenters. The van der Waals surface area contributed by atoms with Crippen molar-refractivity contribution < 1.29 is 9.59 Å². The van der Waals surface area contributed by atoms with E-state index >= 15 is 0 Å². The fraction of sp³-hybridized carbons (Fsp3) is 0.179. The van der Waals surface area contributed by atoms with E-state index in [0.29, 0.717) is 18.7 Å². The van der Waals surface area contributed by atoms with Crippen molar-refractivity contribution in [1.82, 2.24) is 15.2 Å². The molecule has 0 radical (unpaired) electrons. The minimum atomic E-state index is -0.248. The number of fused-ring (bicyclic) bond motifs is 1. The number of nitrogens with zero attached hydrogens (tertiary/aromatic N) is 3. The van der Waals surface area contributed by atoms with Gasteiger partial charge in [-0.05, 0) is 35.2 Å². The maximum absolute atomic E-state index is 12.8. The molecule has 34 heavy (non-hydrogen) atoms. The van der Waals surface area contributed by atoms with Crippen LogP contribution >= 0.6 is 0 Å². The van der Waals surface area contributed by atoms with Crippen LogP contribution in [0.25, 0.3) is 21.9 Å². The Labute approximate surface area is 198 Å². The molecular weight excluding hydrogens is 424 g/mol. The summed E-state index contributed by atoms with van der Waals surface area (Å²) in [6.07, 6.45) is 3.46. The van der Waals surface area contributed by atoms with E-state index < -0.39 is 0 Å². The maximum atomic E-state index is 12.8. The second-order valence-corrected chi connectivity index (χ2v) is 8.37. The highest BCUT2D eigenvalue weighted by molar-refractivity contribution is 5.99. The van der Waals surface area contributed by atoms with Gasteiger partial charge in [0, 0.05) is 60.8 Å². The molecule has 1 aliphatic heterocycles. The van der Waals surface area contributed by atoms with Crippen LogP contribution in [0.5, 0.6) is 0 Å². The molecule has 1 aliphatic rings. The number of anilines is 1. The molecular formula is C28H26N4O2. The smallest absolute Gasteiger partial charge is 0.251 e. The molecule has 2 amide bonds. The van der Waals surface area contributed by atoms with Crippen LogP contribution in [0, 0.1) is 0 Å². The summed E-state index contributed by atoms with van der Waals surface area (Å²) >= 11 is 0. The first-order valence-electron chi connectivity index (χ1n) is 11.5. The van der Waals surface area contributed by atoms with E-state index in [0.717, 1.165) is 23.9 Å². The summed E-state index contributed by atoms with van der Waals surface area (Å²) in [5.41, 5.74) is 4.10. The zero-order chi connectivity index (χ0) is 23.3. The minimum absolute atomic E-state index is 0.00613. The second kappa shape index (κ2) is 9.75. The van der Waals surface area contributed by atoms with Gasteiger partial charge in [0.05, 0.1) is 6.54 Å². The number of benzene rings is 3. The number of aromatic nitrogens is 1. The molecule has 3 aromatic carbocycles. The molecule has 0 aliphatic carbocycles. The van der Waals surface area contributed by atoms with Crippen molar-refractivity contribution in [2.75, 3.05) is 37.6 Å². The summed E-state index contributed by atoms with van der Waals surface area (Å²) in [4.78, 5) is 33.6. The summed E-state index contributed by atoms with van der Waals surface area (Å²) in [6, 6.07) is 26.1. The Morgan fingerprint density at radius 2 is 1.59 bits per heavy atom. The lowest BCUT2D eigenvalue weighted by Crippen LogP contribution is -2.51. The first-order valence-corrected chi connectivity index (χ1v) is 11.5. The van der Waals surface area contributed by atoms with E-state index in [2.05, 4.69) is 51.6 Å². The average Bonchev–Trinajstić information content (AvgIpc) is 2.92. The van der Waals surface area contributed by atoms with Gasteiger partial charge in [0.1, 0.15) is 0 Å². The molecule has 4 aromatic rings. The number of carbonyl (C=O) groups excluding carboxylic acids is 2. The minimum Gasteiger partial charge on any atom is -0.367 e. The number of hydrogen-bond acceptors (Lipinski definition) is 4. The van der Waals surface area contributed by atoms with Gasteiger partial charge in [0.15, 0.2) is 0 Å². The predicted molar refractivity (Wildman–Crippen MR) is 135 cm³/mol. The third kappa shape index (κ3) is 4.62. The topological polar surface area (TPSA) is 65.5 Å². The first-order chi connectivity index (χ1) is 16.7. The Hall–Kier alpha value is -4.19. The van der Waals surface area contributed by atoms with Gasteiger partial charge in [-0.25, -0.2) is 0 Å². The number of amides is 2. The van der Waals surface area contributed by atoms with Gasteiger partial charge in [0.25, 0.3) is 5.91 Å². The summed E-state index contributed by atoms with van der Waals surface area (Å²) in [5.74, 6) is -0.308. The molecule has 1 fully saturated rings. The number of pyridine rings is 1. The monoisotopic (exact) mass is 450 g/mol. The number of hydrogen-bond donors (Lipinski definition) is 1. The van der Waals surface area contributed by atoms with Gasteiger partial charge in [-0.1, -0.05) is 54.6 Å². The van der Waals surface area contributed by atoms with Crippen molar-refractivity contribution in [2.45, 2.75) is 0 Å². The fourth-order valence-corrected chi connectivity index (χ4v) is 4.40. The Balaban J connectivity index is 1.18. The lowest BCUT2D eigenvalue weighted by atomic mass is 10.0. The summed E-state index contributed by atoms with van der Waals surface area (Å²) < 4.78 is 0. The van der Waals surface area contributed by atoms with E-state index in [1.54, 1.807) is 18.5 Å². The first kappa shape index (κ1) is 21.6. The molecule has 0 atom stereocenters. The van der Waals surface area contributed by atoms with Gasteiger partial charge in [-0.3, -0.25) is 14.6 Å². The Morgan fingerprint density at radius 1 is 0.824 bits per heavy atom. The molecule has 0 bridgehead atoms. The quantitative estimate of drug-likeness (QED) is 0.500. The third-order valence-corrected chi connectivity index (χ3v) is 6.26. The highest BCUT2D eigenvalue weighted by atomic mass is 16.2. The van der Waals surface area contributed by atoms with Crippen LogP contribution in [-0.4, -0.2) is 54.4 Å². The van der Waals surface area contributed by atoms with E-state index in [9.17, 15) is 9.59 Å². The van der Waals surface area contributed by atoms with E-state index in [1.807, 2.05) is 41.3 Å². The van der Waals surface area contributed by atoms with Crippen LogP contribution in [0.1, 0.15) is 10.4 Å². The van der Waals surface area contributed by atoms with Crippen molar-refractivity contribution in [3.8, 4) is 11.1 Å². The standard InChI is InChI=1S/C28H26N4O2/c33-27(20-30-28(34)23-10-11-24-19-29-13-12-22(24)18-23)32-16-14-31(15-17-32)26-9-5-4-8-25(26)21-6-2-1-3-7-21/h1-13,18-19H,14-17,20H2,(H,30,34). The van der Waals surface area contributed by atoms with E-state index in [1.165, 1.54) is 16.8 Å². The Kier molecular flexibility index (Phi) is 6.21. The molecule has 6 heteroatoms. The Morgan fingerprint density at radius 3 is 2.41 bits per heavy atom. The molecule has 170 valence electrons. The van der Waals surface area contributed by atoms with Crippen molar-refractivity contribution in [3.63, 3.8) is 0 Å². The van der Waals surface area contributed by atoms with Crippen molar-refractivity contribution >= 4 is 28.3 Å². The molecule has 1 N–H and O–H groups in total. The number of nitrogens with one attached hydrogen (secondary N) is 1. The summed E-state index contributed by atoms with van der Waals surface area (Å²) in [7, 11) is 0. The summed E-state index contributed by atoms with van der Waals surface area (Å²) in [6.45, 7) is 2.75. The van der Waals surface area contributed by atoms with Crippen molar-refractivity contribution in [3.05, 3.63) is 96.8 Å². The van der Waals surface area contributed by atoms with Crippen LogP contribution in [-0.2, 0) is 4.79 Å². The van der Waals surface area contributed by atoms with Gasteiger partial charge >= 0.3 is 0 Å². The molecule has 1 saturated heterocycles. The van der Waals surface area contributed by atoms with Gasteiger partial charge in [0.2, 0.25) is 5.91 Å². The molecule has 1 aromatic heterocycles.